The quantitative estimate of drug-likeness (QED) is 0.611. The highest BCUT2D eigenvalue weighted by atomic mass is 32.2. The molecule has 9 heteroatoms. The molecule has 0 atom stereocenters. The molecule has 0 unspecified atom stereocenters. The van der Waals surface area contributed by atoms with Crippen molar-refractivity contribution in [2.24, 2.45) is 0 Å². The number of amides is 1. The van der Waals surface area contributed by atoms with E-state index in [1.165, 1.54) is 24.3 Å². The van der Waals surface area contributed by atoms with E-state index in [4.69, 9.17) is 4.74 Å². The first-order valence-electron chi connectivity index (χ1n) is 7.61. The Morgan fingerprint density at radius 3 is 2.19 bits per heavy atom. The van der Waals surface area contributed by atoms with E-state index < -0.39 is 11.4 Å². The lowest BCUT2D eigenvalue weighted by atomic mass is 10.2. The Balaban J connectivity index is 1.60. The standard InChI is InChI=1S/C18H12F3N3O2S/c19-18(20,21)27-15-8-2-12(3-9-15)16(25)24-13-4-6-14(7-5-13)26-17-22-10-1-11-23-17/h1-11H,(H,24,25). The minimum Gasteiger partial charge on any atom is -0.424 e. The number of rotatable bonds is 5. The van der Waals surface area contributed by atoms with E-state index in [2.05, 4.69) is 15.3 Å². The van der Waals surface area contributed by atoms with Gasteiger partial charge in [0.2, 0.25) is 0 Å². The van der Waals surface area contributed by atoms with Crippen molar-refractivity contribution in [1.82, 2.24) is 9.97 Å². The molecule has 0 aliphatic rings. The molecule has 1 amide bonds. The summed E-state index contributed by atoms with van der Waals surface area (Å²) in [5, 5.41) is 2.66. The van der Waals surface area contributed by atoms with Gasteiger partial charge in [-0.2, -0.15) is 13.2 Å². The molecule has 0 aliphatic heterocycles. The van der Waals surface area contributed by atoms with Gasteiger partial charge in [-0.3, -0.25) is 4.79 Å². The molecule has 0 saturated carbocycles. The van der Waals surface area contributed by atoms with Gasteiger partial charge >= 0.3 is 11.5 Å². The largest absolute Gasteiger partial charge is 0.446 e. The van der Waals surface area contributed by atoms with Crippen LogP contribution in [-0.4, -0.2) is 21.4 Å². The van der Waals surface area contributed by atoms with Gasteiger partial charge in [0.05, 0.1) is 0 Å². The molecule has 0 bridgehead atoms. The Morgan fingerprint density at radius 2 is 1.59 bits per heavy atom. The molecule has 3 aromatic rings. The molecule has 0 fully saturated rings. The number of hydrogen-bond acceptors (Lipinski definition) is 5. The summed E-state index contributed by atoms with van der Waals surface area (Å²) < 4.78 is 42.4. The van der Waals surface area contributed by atoms with Crippen molar-refractivity contribution < 1.29 is 22.7 Å². The molecule has 3 rings (SSSR count). The van der Waals surface area contributed by atoms with Gasteiger partial charge in [0.15, 0.2) is 0 Å². The van der Waals surface area contributed by atoms with Crippen LogP contribution < -0.4 is 10.1 Å². The highest BCUT2D eigenvalue weighted by Crippen LogP contribution is 2.36. The highest BCUT2D eigenvalue weighted by molar-refractivity contribution is 8.00. The normalized spacial score (nSPS) is 11.1. The Bertz CT molecular complexity index is 902. The van der Waals surface area contributed by atoms with Gasteiger partial charge < -0.3 is 10.1 Å². The van der Waals surface area contributed by atoms with Crippen molar-refractivity contribution in [3.05, 3.63) is 72.6 Å². The summed E-state index contributed by atoms with van der Waals surface area (Å²) in [4.78, 5) is 20.1. The number of thioether (sulfide) groups is 1. The highest BCUT2D eigenvalue weighted by Gasteiger charge is 2.29. The number of halogens is 3. The van der Waals surface area contributed by atoms with Crippen molar-refractivity contribution in [3.8, 4) is 11.8 Å². The monoisotopic (exact) mass is 391 g/mol. The summed E-state index contributed by atoms with van der Waals surface area (Å²) in [6.07, 6.45) is 3.10. The maximum absolute atomic E-state index is 12.3. The molecule has 1 N–H and O–H groups in total. The number of anilines is 1. The van der Waals surface area contributed by atoms with Crippen molar-refractivity contribution in [3.63, 3.8) is 0 Å². The zero-order valence-electron chi connectivity index (χ0n) is 13.6. The minimum atomic E-state index is -4.36. The third kappa shape index (κ3) is 5.71. The second kappa shape index (κ2) is 8.09. The molecule has 0 saturated heterocycles. The number of alkyl halides is 3. The third-order valence-electron chi connectivity index (χ3n) is 3.21. The third-order valence-corrected chi connectivity index (χ3v) is 3.95. The summed E-state index contributed by atoms with van der Waals surface area (Å²) in [5.74, 6) is 0.0614. The second-order valence-corrected chi connectivity index (χ2v) is 6.32. The van der Waals surface area contributed by atoms with Crippen molar-refractivity contribution >= 4 is 23.4 Å². The van der Waals surface area contributed by atoms with E-state index in [0.717, 1.165) is 0 Å². The van der Waals surface area contributed by atoms with Crippen LogP contribution in [0.15, 0.2) is 71.9 Å². The van der Waals surface area contributed by atoms with E-state index in [9.17, 15) is 18.0 Å². The predicted molar refractivity (Wildman–Crippen MR) is 94.9 cm³/mol. The van der Waals surface area contributed by atoms with Gasteiger partial charge in [0.25, 0.3) is 5.91 Å². The van der Waals surface area contributed by atoms with Crippen LogP contribution in [0, 0.1) is 0 Å². The van der Waals surface area contributed by atoms with Crippen LogP contribution in [0.1, 0.15) is 10.4 Å². The molecule has 0 aliphatic carbocycles. The zero-order chi connectivity index (χ0) is 19.3. The lowest BCUT2D eigenvalue weighted by Crippen LogP contribution is -2.11. The summed E-state index contributed by atoms with van der Waals surface area (Å²) in [7, 11) is 0. The topological polar surface area (TPSA) is 64.1 Å². The van der Waals surface area contributed by atoms with E-state index in [0.29, 0.717) is 11.4 Å². The van der Waals surface area contributed by atoms with Crippen molar-refractivity contribution in [1.29, 1.82) is 0 Å². The number of hydrogen-bond donors (Lipinski definition) is 1. The van der Waals surface area contributed by atoms with E-state index in [1.54, 1.807) is 42.7 Å². The molecule has 0 radical (unpaired) electrons. The summed E-state index contributed by atoms with van der Waals surface area (Å²) in [6, 6.07) is 13.6. The molecule has 1 aromatic heterocycles. The van der Waals surface area contributed by atoms with Gasteiger partial charge in [-0.15, -0.1) is 0 Å². The molecular weight excluding hydrogens is 379 g/mol. The second-order valence-electron chi connectivity index (χ2n) is 5.18. The summed E-state index contributed by atoms with van der Waals surface area (Å²) in [6.45, 7) is 0. The Hall–Kier alpha value is -3.07. The van der Waals surface area contributed by atoms with Crippen LogP contribution in [0.5, 0.6) is 11.8 Å². The zero-order valence-corrected chi connectivity index (χ0v) is 14.4. The van der Waals surface area contributed by atoms with Crippen molar-refractivity contribution in [2.45, 2.75) is 10.4 Å². The predicted octanol–water partition coefficient (Wildman–Crippen LogP) is 5.13. The summed E-state index contributed by atoms with van der Waals surface area (Å²) in [5.41, 5.74) is -3.60. The molecule has 138 valence electrons. The van der Waals surface area contributed by atoms with E-state index >= 15 is 0 Å². The van der Waals surface area contributed by atoms with E-state index in [1.807, 2.05) is 0 Å². The maximum atomic E-state index is 12.3. The molecular formula is C18H12F3N3O2S. The number of aromatic nitrogens is 2. The van der Waals surface area contributed by atoms with Gasteiger partial charge in [-0.25, -0.2) is 9.97 Å². The smallest absolute Gasteiger partial charge is 0.424 e. The fourth-order valence-corrected chi connectivity index (χ4v) is 2.60. The minimum absolute atomic E-state index is 0.0173. The fourth-order valence-electron chi connectivity index (χ4n) is 2.06. The molecule has 5 nitrogen and oxygen atoms in total. The number of carbonyl (C=O) groups excluding carboxylic acids is 1. The van der Waals surface area contributed by atoms with Gasteiger partial charge in [-0.1, -0.05) is 0 Å². The average Bonchev–Trinajstić information content (AvgIpc) is 2.63. The van der Waals surface area contributed by atoms with Gasteiger partial charge in [-0.05, 0) is 66.4 Å². The average molecular weight is 391 g/mol. The number of nitrogens with zero attached hydrogens (tertiary/aromatic N) is 2. The first-order chi connectivity index (χ1) is 12.9. The van der Waals surface area contributed by atoms with Crippen LogP contribution >= 0.6 is 11.8 Å². The molecule has 1 heterocycles. The van der Waals surface area contributed by atoms with Gasteiger partial charge in [0, 0.05) is 28.5 Å². The lowest BCUT2D eigenvalue weighted by Gasteiger charge is -2.08. The number of nitrogens with one attached hydrogen (secondary N) is 1. The van der Waals surface area contributed by atoms with Gasteiger partial charge in [0.1, 0.15) is 5.75 Å². The first kappa shape index (κ1) is 18.7. The maximum Gasteiger partial charge on any atom is 0.446 e. The Morgan fingerprint density at radius 1 is 0.963 bits per heavy atom. The van der Waals surface area contributed by atoms with Crippen LogP contribution in [-0.2, 0) is 0 Å². The molecule has 27 heavy (non-hydrogen) atoms. The van der Waals surface area contributed by atoms with Crippen LogP contribution in [0.3, 0.4) is 0 Å². The van der Waals surface area contributed by atoms with Crippen LogP contribution in [0.25, 0.3) is 0 Å². The number of carbonyl (C=O) groups is 1. The first-order valence-corrected chi connectivity index (χ1v) is 8.43. The van der Waals surface area contributed by atoms with Crippen LogP contribution in [0.2, 0.25) is 0 Å². The summed E-state index contributed by atoms with van der Waals surface area (Å²) >= 11 is -0.228. The van der Waals surface area contributed by atoms with Crippen LogP contribution in [0.4, 0.5) is 18.9 Å². The Labute approximate surface area is 156 Å². The molecule has 2 aromatic carbocycles. The lowest BCUT2D eigenvalue weighted by molar-refractivity contribution is -0.0328. The van der Waals surface area contributed by atoms with E-state index in [-0.39, 0.29) is 28.2 Å². The Kier molecular flexibility index (Phi) is 5.60. The molecule has 0 spiro atoms. The van der Waals surface area contributed by atoms with Crippen molar-refractivity contribution in [2.75, 3.05) is 5.32 Å². The fraction of sp³-hybridized carbons (Fsp3) is 0.0556. The number of benzene rings is 2. The SMILES string of the molecule is O=C(Nc1ccc(Oc2ncccn2)cc1)c1ccc(SC(F)(F)F)cc1. The number of ether oxygens (including phenoxy) is 1.